The first-order valence-electron chi connectivity index (χ1n) is 11.1. The molecule has 0 saturated heterocycles. The number of aromatic nitrogens is 1. The van der Waals surface area contributed by atoms with Crippen LogP contribution in [0.25, 0.3) is 11.8 Å². The Balaban J connectivity index is 1.85. The maximum absolute atomic E-state index is 13.7. The van der Waals surface area contributed by atoms with Gasteiger partial charge in [0.2, 0.25) is 0 Å². The highest BCUT2D eigenvalue weighted by Gasteiger charge is 2.35. The van der Waals surface area contributed by atoms with Crippen LogP contribution < -0.4 is 19.6 Å². The van der Waals surface area contributed by atoms with Gasteiger partial charge in [0, 0.05) is 11.6 Å². The Hall–Kier alpha value is -4.17. The lowest BCUT2D eigenvalue weighted by Gasteiger charge is -2.26. The normalized spacial score (nSPS) is 15.5. The van der Waals surface area contributed by atoms with Gasteiger partial charge >= 0.3 is 5.97 Å². The number of benzene rings is 2. The zero-order valence-corrected chi connectivity index (χ0v) is 20.0. The predicted octanol–water partition coefficient (Wildman–Crippen LogP) is 3.54. The van der Waals surface area contributed by atoms with Gasteiger partial charge in [-0.15, -0.1) is 0 Å². The third kappa shape index (κ3) is 4.24. The largest absolute Gasteiger partial charge is 0.497 e. The van der Waals surface area contributed by atoms with E-state index in [-0.39, 0.29) is 12.2 Å². The molecule has 2 aromatic carbocycles. The fourth-order valence-corrected chi connectivity index (χ4v) is 5.05. The highest BCUT2D eigenvalue weighted by atomic mass is 32.1. The molecule has 0 N–H and O–H groups in total. The Morgan fingerprint density at radius 3 is 2.69 bits per heavy atom. The molecule has 8 heteroatoms. The van der Waals surface area contributed by atoms with Gasteiger partial charge in [0.15, 0.2) is 4.80 Å². The number of carbonyl (C=O) groups excluding carboxylic acids is 1. The lowest BCUT2D eigenvalue weighted by Crippen LogP contribution is -2.40. The third-order valence-corrected chi connectivity index (χ3v) is 6.58. The van der Waals surface area contributed by atoms with E-state index >= 15 is 0 Å². The number of furan rings is 1. The van der Waals surface area contributed by atoms with Crippen LogP contribution in [0.4, 0.5) is 0 Å². The molecule has 1 aliphatic heterocycles. The zero-order chi connectivity index (χ0) is 24.4. The summed E-state index contributed by atoms with van der Waals surface area (Å²) in [5.74, 6) is 0.644. The van der Waals surface area contributed by atoms with E-state index in [2.05, 4.69) is 0 Å². The summed E-state index contributed by atoms with van der Waals surface area (Å²) in [5.41, 5.74) is 1.96. The molecular weight excluding hydrogens is 464 g/mol. The summed E-state index contributed by atoms with van der Waals surface area (Å²) >= 11 is 1.24. The van der Waals surface area contributed by atoms with Crippen LogP contribution in [0.1, 0.15) is 29.9 Å². The SMILES string of the molecule is CCOC(=O)C1=C(c2ccccc2)N=c2s/c(=C\c3ccco3)c(=O)n2C1c1cccc(OC)c1. The quantitative estimate of drug-likeness (QED) is 0.390. The lowest BCUT2D eigenvalue weighted by atomic mass is 9.93. The van der Waals surface area contributed by atoms with Gasteiger partial charge in [-0.3, -0.25) is 9.36 Å². The van der Waals surface area contributed by atoms with Gasteiger partial charge < -0.3 is 13.9 Å². The van der Waals surface area contributed by atoms with Gasteiger partial charge in [0.25, 0.3) is 5.56 Å². The number of nitrogens with zero attached hydrogens (tertiary/aromatic N) is 2. The highest BCUT2D eigenvalue weighted by Crippen LogP contribution is 2.36. The summed E-state index contributed by atoms with van der Waals surface area (Å²) in [7, 11) is 1.57. The van der Waals surface area contributed by atoms with Crippen LogP contribution in [-0.4, -0.2) is 24.3 Å². The molecule has 1 aliphatic rings. The average Bonchev–Trinajstić information content (AvgIpc) is 3.51. The zero-order valence-electron chi connectivity index (χ0n) is 19.1. The molecule has 0 aliphatic carbocycles. The number of rotatable bonds is 6. The van der Waals surface area contributed by atoms with E-state index in [0.717, 1.165) is 5.56 Å². The molecule has 4 aromatic rings. The maximum Gasteiger partial charge on any atom is 0.338 e. The Morgan fingerprint density at radius 2 is 1.97 bits per heavy atom. The topological polar surface area (TPSA) is 83.0 Å². The van der Waals surface area contributed by atoms with Crippen molar-refractivity contribution in [3.05, 3.63) is 115 Å². The molecule has 35 heavy (non-hydrogen) atoms. The van der Waals surface area contributed by atoms with Crippen LogP contribution in [0.15, 0.2) is 92.8 Å². The lowest BCUT2D eigenvalue weighted by molar-refractivity contribution is -0.138. The molecule has 1 atom stereocenters. The van der Waals surface area contributed by atoms with Crippen molar-refractivity contribution in [3.63, 3.8) is 0 Å². The molecule has 2 aromatic heterocycles. The van der Waals surface area contributed by atoms with Gasteiger partial charge in [0.1, 0.15) is 11.5 Å². The minimum Gasteiger partial charge on any atom is -0.497 e. The second-order valence-corrected chi connectivity index (χ2v) is 8.73. The van der Waals surface area contributed by atoms with E-state index in [4.69, 9.17) is 18.9 Å². The van der Waals surface area contributed by atoms with Gasteiger partial charge in [0.05, 0.1) is 41.8 Å². The molecule has 0 amide bonds. The van der Waals surface area contributed by atoms with Gasteiger partial charge in [-0.1, -0.05) is 53.8 Å². The van der Waals surface area contributed by atoms with Gasteiger partial charge in [-0.2, -0.15) is 0 Å². The minimum atomic E-state index is -0.755. The summed E-state index contributed by atoms with van der Waals surface area (Å²) in [4.78, 5) is 32.4. The monoisotopic (exact) mass is 486 g/mol. The van der Waals surface area contributed by atoms with E-state index < -0.39 is 12.0 Å². The average molecular weight is 487 g/mol. The van der Waals surface area contributed by atoms with Crippen LogP contribution >= 0.6 is 11.3 Å². The molecule has 3 heterocycles. The maximum atomic E-state index is 13.7. The summed E-state index contributed by atoms with van der Waals surface area (Å²) < 4.78 is 18.3. The molecule has 0 radical (unpaired) electrons. The summed E-state index contributed by atoms with van der Waals surface area (Å²) in [6, 6.07) is 19.5. The summed E-state index contributed by atoms with van der Waals surface area (Å²) in [6.45, 7) is 1.94. The van der Waals surface area contributed by atoms with E-state index in [1.165, 1.54) is 11.3 Å². The number of carbonyl (C=O) groups is 1. The Labute approximate surface area is 204 Å². The number of ether oxygens (including phenoxy) is 2. The van der Waals surface area contributed by atoms with E-state index in [0.29, 0.717) is 37.7 Å². The number of fused-ring (bicyclic) bond motifs is 1. The highest BCUT2D eigenvalue weighted by molar-refractivity contribution is 7.07. The fraction of sp³-hybridized carbons (Fsp3) is 0.148. The van der Waals surface area contributed by atoms with E-state index in [1.807, 2.05) is 54.6 Å². The molecule has 1 unspecified atom stereocenters. The molecule has 5 rings (SSSR count). The van der Waals surface area contributed by atoms with Crippen LogP contribution in [0, 0.1) is 0 Å². The molecule has 0 spiro atoms. The first-order valence-corrected chi connectivity index (χ1v) is 11.9. The Kier molecular flexibility index (Phi) is 6.20. The van der Waals surface area contributed by atoms with Crippen molar-refractivity contribution in [1.29, 1.82) is 0 Å². The number of hydrogen-bond acceptors (Lipinski definition) is 7. The first-order chi connectivity index (χ1) is 17.1. The van der Waals surface area contributed by atoms with Crippen molar-refractivity contribution in [2.45, 2.75) is 13.0 Å². The van der Waals surface area contributed by atoms with Crippen LogP contribution in [0.3, 0.4) is 0 Å². The summed E-state index contributed by atoms with van der Waals surface area (Å²) in [6.07, 6.45) is 3.23. The van der Waals surface area contributed by atoms with Crippen molar-refractivity contribution < 1.29 is 18.7 Å². The fourth-order valence-electron chi connectivity index (χ4n) is 4.07. The van der Waals surface area contributed by atoms with Crippen LogP contribution in [0.5, 0.6) is 5.75 Å². The number of esters is 1. The van der Waals surface area contributed by atoms with Crippen LogP contribution in [0.2, 0.25) is 0 Å². The van der Waals surface area contributed by atoms with Crippen molar-refractivity contribution in [2.24, 2.45) is 4.99 Å². The third-order valence-electron chi connectivity index (χ3n) is 5.60. The minimum absolute atomic E-state index is 0.193. The molecule has 7 nitrogen and oxygen atoms in total. The molecule has 0 bridgehead atoms. The molecule has 176 valence electrons. The van der Waals surface area contributed by atoms with Crippen molar-refractivity contribution in [2.75, 3.05) is 13.7 Å². The number of hydrogen-bond donors (Lipinski definition) is 0. The Morgan fingerprint density at radius 1 is 1.14 bits per heavy atom. The molecule has 0 fully saturated rings. The second-order valence-electron chi connectivity index (χ2n) is 7.72. The Bertz CT molecular complexity index is 1580. The summed E-state index contributed by atoms with van der Waals surface area (Å²) in [5, 5.41) is 0. The first kappa shape index (κ1) is 22.6. The standard InChI is InChI=1S/C27H22N2O5S/c1-3-33-26(31)22-23(17-9-5-4-6-10-17)28-27-29(24(22)18-11-7-12-19(15-18)32-2)25(30)21(35-27)16-20-13-8-14-34-20/h4-16,24H,3H2,1-2H3/b21-16-. The number of thiazole rings is 1. The van der Waals surface area contributed by atoms with Gasteiger partial charge in [-0.05, 0) is 36.8 Å². The van der Waals surface area contributed by atoms with Crippen molar-refractivity contribution in [3.8, 4) is 5.75 Å². The van der Waals surface area contributed by atoms with Crippen molar-refractivity contribution >= 4 is 29.1 Å². The van der Waals surface area contributed by atoms with E-state index in [9.17, 15) is 9.59 Å². The molecule has 0 saturated carbocycles. The van der Waals surface area contributed by atoms with Gasteiger partial charge in [-0.25, -0.2) is 9.79 Å². The smallest absolute Gasteiger partial charge is 0.338 e. The van der Waals surface area contributed by atoms with E-state index in [1.54, 1.807) is 43.1 Å². The second kappa shape index (κ2) is 9.60. The predicted molar refractivity (Wildman–Crippen MR) is 133 cm³/mol. The number of methoxy groups -OCH3 is 1. The molecular formula is C27H22N2O5S. The van der Waals surface area contributed by atoms with Crippen LogP contribution in [-0.2, 0) is 9.53 Å². The van der Waals surface area contributed by atoms with Crippen molar-refractivity contribution in [1.82, 2.24) is 4.57 Å².